The third kappa shape index (κ3) is 7.77. The van der Waals surface area contributed by atoms with Crippen LogP contribution in [-0.4, -0.2) is 61.9 Å². The molecule has 7 nitrogen and oxygen atoms in total. The number of guanidine groups is 1. The maximum Gasteiger partial charge on any atom is 0.225 e. The Hall–Kier alpha value is -1.79. The second kappa shape index (κ2) is 11.1. The van der Waals surface area contributed by atoms with Crippen molar-refractivity contribution in [1.82, 2.24) is 20.9 Å². The van der Waals surface area contributed by atoms with Gasteiger partial charge < -0.3 is 20.9 Å². The molecular weight excluding hydrogens is 342 g/mol. The van der Waals surface area contributed by atoms with Gasteiger partial charge in [0.15, 0.2) is 5.96 Å². The van der Waals surface area contributed by atoms with Gasteiger partial charge in [0.2, 0.25) is 11.8 Å². The highest BCUT2D eigenvalue weighted by Crippen LogP contribution is 2.17. The van der Waals surface area contributed by atoms with Crippen LogP contribution in [0.1, 0.15) is 60.3 Å². The first-order chi connectivity index (χ1) is 12.7. The van der Waals surface area contributed by atoms with E-state index in [-0.39, 0.29) is 17.2 Å². The standard InChI is InChI=1S/C20H39N5O2/c1-7-15(8-2)17(26)25-13-9-16(10-14-25)24-19(21-6)23-12-11-22-18(27)20(3,4)5/h15-16H,7-14H2,1-6H3,(H,22,27)(H2,21,23,24). The van der Waals surface area contributed by atoms with Gasteiger partial charge in [0, 0.05) is 50.6 Å². The molecule has 156 valence electrons. The van der Waals surface area contributed by atoms with E-state index in [1.807, 2.05) is 25.7 Å². The van der Waals surface area contributed by atoms with E-state index in [1.54, 1.807) is 7.05 Å². The summed E-state index contributed by atoms with van der Waals surface area (Å²) in [6.45, 7) is 12.6. The Balaban J connectivity index is 2.33. The number of rotatable bonds is 7. The Morgan fingerprint density at radius 1 is 1.07 bits per heavy atom. The number of nitrogens with one attached hydrogen (secondary N) is 3. The molecule has 0 atom stereocenters. The summed E-state index contributed by atoms with van der Waals surface area (Å²) in [5, 5.41) is 9.58. The number of carbonyl (C=O) groups excluding carboxylic acids is 2. The number of piperidine rings is 1. The normalized spacial score (nSPS) is 16.4. The monoisotopic (exact) mass is 381 g/mol. The zero-order chi connectivity index (χ0) is 20.4. The Morgan fingerprint density at radius 2 is 1.63 bits per heavy atom. The van der Waals surface area contributed by atoms with Crippen molar-refractivity contribution in [1.29, 1.82) is 0 Å². The minimum Gasteiger partial charge on any atom is -0.355 e. The lowest BCUT2D eigenvalue weighted by Gasteiger charge is -2.34. The van der Waals surface area contributed by atoms with Crippen molar-refractivity contribution in [3.8, 4) is 0 Å². The van der Waals surface area contributed by atoms with E-state index >= 15 is 0 Å². The SMILES string of the molecule is CCC(CC)C(=O)N1CCC(NC(=NC)NCCNC(=O)C(C)(C)C)CC1. The molecule has 7 heteroatoms. The van der Waals surface area contributed by atoms with Crippen molar-refractivity contribution in [2.24, 2.45) is 16.3 Å². The molecule has 1 heterocycles. The van der Waals surface area contributed by atoms with E-state index in [1.165, 1.54) is 0 Å². The van der Waals surface area contributed by atoms with Gasteiger partial charge in [-0.15, -0.1) is 0 Å². The van der Waals surface area contributed by atoms with Crippen LogP contribution in [0.5, 0.6) is 0 Å². The van der Waals surface area contributed by atoms with E-state index in [4.69, 9.17) is 0 Å². The lowest BCUT2D eigenvalue weighted by atomic mass is 9.96. The minimum absolute atomic E-state index is 0.0433. The van der Waals surface area contributed by atoms with Gasteiger partial charge in [-0.3, -0.25) is 14.6 Å². The molecule has 0 bridgehead atoms. The second-order valence-corrected chi connectivity index (χ2v) is 8.26. The highest BCUT2D eigenvalue weighted by atomic mass is 16.2. The molecule has 0 aromatic heterocycles. The van der Waals surface area contributed by atoms with Crippen molar-refractivity contribution in [3.63, 3.8) is 0 Å². The van der Waals surface area contributed by atoms with Crippen molar-refractivity contribution < 1.29 is 9.59 Å². The third-order valence-electron chi connectivity index (χ3n) is 5.09. The maximum atomic E-state index is 12.5. The van der Waals surface area contributed by atoms with E-state index in [9.17, 15) is 9.59 Å². The summed E-state index contributed by atoms with van der Waals surface area (Å²) in [5.41, 5.74) is -0.375. The molecule has 1 aliphatic rings. The maximum absolute atomic E-state index is 12.5. The minimum atomic E-state index is -0.375. The molecule has 0 aromatic carbocycles. The van der Waals surface area contributed by atoms with Gasteiger partial charge >= 0.3 is 0 Å². The second-order valence-electron chi connectivity index (χ2n) is 8.26. The van der Waals surface area contributed by atoms with Crippen LogP contribution in [0.15, 0.2) is 4.99 Å². The summed E-state index contributed by atoms with van der Waals surface area (Å²) >= 11 is 0. The summed E-state index contributed by atoms with van der Waals surface area (Å²) in [7, 11) is 1.74. The largest absolute Gasteiger partial charge is 0.355 e. The van der Waals surface area contributed by atoms with Crippen LogP contribution in [0, 0.1) is 11.3 Å². The van der Waals surface area contributed by atoms with Crippen LogP contribution in [-0.2, 0) is 9.59 Å². The lowest BCUT2D eigenvalue weighted by molar-refractivity contribution is -0.136. The predicted octanol–water partition coefficient (Wildman–Crippen LogP) is 1.74. The highest BCUT2D eigenvalue weighted by Gasteiger charge is 2.26. The molecule has 0 aliphatic carbocycles. The molecule has 0 spiro atoms. The Morgan fingerprint density at radius 3 is 2.11 bits per heavy atom. The number of likely N-dealkylation sites (tertiary alicyclic amines) is 1. The van der Waals surface area contributed by atoms with Gasteiger partial charge in [-0.05, 0) is 25.7 Å². The summed E-state index contributed by atoms with van der Waals surface area (Å²) in [5.74, 6) is 1.24. The van der Waals surface area contributed by atoms with Crippen LogP contribution < -0.4 is 16.0 Å². The third-order valence-corrected chi connectivity index (χ3v) is 5.09. The van der Waals surface area contributed by atoms with Crippen LogP contribution in [0.3, 0.4) is 0 Å². The van der Waals surface area contributed by atoms with Crippen molar-refractivity contribution >= 4 is 17.8 Å². The molecule has 0 radical (unpaired) electrons. The molecule has 0 saturated carbocycles. The number of carbonyl (C=O) groups is 2. The average molecular weight is 382 g/mol. The molecule has 0 unspecified atom stereocenters. The average Bonchev–Trinajstić information content (AvgIpc) is 2.64. The topological polar surface area (TPSA) is 85.8 Å². The van der Waals surface area contributed by atoms with E-state index in [0.717, 1.165) is 44.7 Å². The van der Waals surface area contributed by atoms with Crippen molar-refractivity contribution in [2.75, 3.05) is 33.2 Å². The summed E-state index contributed by atoms with van der Waals surface area (Å²) < 4.78 is 0. The smallest absolute Gasteiger partial charge is 0.225 e. The van der Waals surface area contributed by atoms with Crippen LogP contribution in [0.2, 0.25) is 0 Å². The van der Waals surface area contributed by atoms with Gasteiger partial charge in [-0.2, -0.15) is 0 Å². The number of amides is 2. The molecule has 2 amide bonds. The molecular formula is C20H39N5O2. The fourth-order valence-electron chi connectivity index (χ4n) is 3.15. The van der Waals surface area contributed by atoms with Crippen molar-refractivity contribution in [2.45, 2.75) is 66.3 Å². The first kappa shape index (κ1) is 23.2. The molecule has 1 aliphatic heterocycles. The van der Waals surface area contributed by atoms with Gasteiger partial charge in [-0.1, -0.05) is 34.6 Å². The zero-order valence-electron chi connectivity index (χ0n) is 18.0. The first-order valence-corrected chi connectivity index (χ1v) is 10.3. The molecule has 1 rings (SSSR count). The van der Waals surface area contributed by atoms with Crippen LogP contribution >= 0.6 is 0 Å². The number of nitrogens with zero attached hydrogens (tertiary/aromatic N) is 2. The van der Waals surface area contributed by atoms with Crippen LogP contribution in [0.25, 0.3) is 0 Å². The number of hydrogen-bond acceptors (Lipinski definition) is 3. The predicted molar refractivity (Wildman–Crippen MR) is 111 cm³/mol. The van der Waals surface area contributed by atoms with E-state index < -0.39 is 0 Å². The summed E-state index contributed by atoms with van der Waals surface area (Å²) in [4.78, 5) is 30.6. The molecule has 1 saturated heterocycles. The Kier molecular flexibility index (Phi) is 9.60. The van der Waals surface area contributed by atoms with Gasteiger partial charge in [-0.25, -0.2) is 0 Å². The first-order valence-electron chi connectivity index (χ1n) is 10.3. The highest BCUT2D eigenvalue weighted by molar-refractivity contribution is 5.82. The fraction of sp³-hybridized carbons (Fsp3) is 0.850. The molecule has 3 N–H and O–H groups in total. The van der Waals surface area contributed by atoms with Crippen LogP contribution in [0.4, 0.5) is 0 Å². The van der Waals surface area contributed by atoms with E-state index in [0.29, 0.717) is 25.0 Å². The quantitative estimate of drug-likeness (QED) is 0.356. The van der Waals surface area contributed by atoms with Gasteiger partial charge in [0.1, 0.15) is 0 Å². The fourth-order valence-corrected chi connectivity index (χ4v) is 3.15. The number of hydrogen-bond donors (Lipinski definition) is 3. The van der Waals surface area contributed by atoms with Crippen molar-refractivity contribution in [3.05, 3.63) is 0 Å². The zero-order valence-corrected chi connectivity index (χ0v) is 18.0. The lowest BCUT2D eigenvalue weighted by Crippen LogP contribution is -2.51. The summed E-state index contributed by atoms with van der Waals surface area (Å²) in [6.07, 6.45) is 3.67. The molecule has 0 aromatic rings. The summed E-state index contributed by atoms with van der Waals surface area (Å²) in [6, 6.07) is 0.311. The van der Waals surface area contributed by atoms with Gasteiger partial charge in [0.25, 0.3) is 0 Å². The van der Waals surface area contributed by atoms with E-state index in [2.05, 4.69) is 34.8 Å². The Labute approximate surface area is 164 Å². The molecule has 27 heavy (non-hydrogen) atoms. The Bertz CT molecular complexity index is 501. The number of aliphatic imine (C=N–C) groups is 1. The molecule has 1 fully saturated rings. The van der Waals surface area contributed by atoms with Gasteiger partial charge in [0.05, 0.1) is 0 Å².